The average molecular weight is 315 g/mol. The van der Waals surface area contributed by atoms with Crippen molar-refractivity contribution in [2.75, 3.05) is 5.32 Å². The molecule has 1 aromatic carbocycles. The fourth-order valence-electron chi connectivity index (χ4n) is 1.86. The van der Waals surface area contributed by atoms with Crippen LogP contribution in [0.5, 0.6) is 0 Å². The first-order valence-electron chi connectivity index (χ1n) is 5.86. The van der Waals surface area contributed by atoms with Crippen LogP contribution < -0.4 is 5.32 Å². The van der Waals surface area contributed by atoms with Crippen LogP contribution in [0.15, 0.2) is 53.5 Å². The normalized spacial score (nSPS) is 10.6. The molecule has 0 radical (unpaired) electrons. The van der Waals surface area contributed by atoms with Crippen LogP contribution in [-0.4, -0.2) is 15.0 Å². The minimum atomic E-state index is 0.697. The number of hydrogen-bond donors (Lipinski definition) is 1. The number of halogens is 1. The highest BCUT2D eigenvalue weighted by Crippen LogP contribution is 2.20. The topological polar surface area (TPSA) is 50.7 Å². The maximum absolute atomic E-state index is 4.27. The van der Waals surface area contributed by atoms with Gasteiger partial charge in [0.15, 0.2) is 0 Å². The highest BCUT2D eigenvalue weighted by atomic mass is 79.9. The van der Waals surface area contributed by atoms with Crippen molar-refractivity contribution >= 4 is 32.7 Å². The van der Waals surface area contributed by atoms with Gasteiger partial charge in [-0.05, 0) is 17.7 Å². The smallest absolute Gasteiger partial charge is 0.139 e. The SMILES string of the molecule is Brc1ccccc1CNc1ncnc2ccncc12. The van der Waals surface area contributed by atoms with Gasteiger partial charge in [-0.1, -0.05) is 34.1 Å². The van der Waals surface area contributed by atoms with Crippen LogP contribution in [0.1, 0.15) is 5.56 Å². The van der Waals surface area contributed by atoms with Gasteiger partial charge in [-0.15, -0.1) is 0 Å². The lowest BCUT2D eigenvalue weighted by Crippen LogP contribution is -2.03. The van der Waals surface area contributed by atoms with Crippen molar-refractivity contribution in [1.82, 2.24) is 15.0 Å². The molecular formula is C14H11BrN4. The predicted molar refractivity (Wildman–Crippen MR) is 78.8 cm³/mol. The minimum Gasteiger partial charge on any atom is -0.365 e. The Balaban J connectivity index is 1.88. The summed E-state index contributed by atoms with van der Waals surface area (Å²) in [5.41, 5.74) is 2.07. The molecule has 0 saturated heterocycles. The Kier molecular flexibility index (Phi) is 3.37. The molecule has 0 bridgehead atoms. The number of fused-ring (bicyclic) bond motifs is 1. The zero-order chi connectivity index (χ0) is 13.1. The Bertz CT molecular complexity index is 709. The Morgan fingerprint density at radius 1 is 1.11 bits per heavy atom. The summed E-state index contributed by atoms with van der Waals surface area (Å²) >= 11 is 3.53. The number of rotatable bonds is 3. The molecule has 0 fully saturated rings. The second-order valence-electron chi connectivity index (χ2n) is 4.06. The van der Waals surface area contributed by atoms with Crippen molar-refractivity contribution in [3.63, 3.8) is 0 Å². The van der Waals surface area contributed by atoms with Crippen molar-refractivity contribution in [1.29, 1.82) is 0 Å². The summed E-state index contributed by atoms with van der Waals surface area (Å²) < 4.78 is 1.08. The Morgan fingerprint density at radius 2 is 2.00 bits per heavy atom. The first kappa shape index (κ1) is 12.0. The average Bonchev–Trinajstić information content (AvgIpc) is 2.46. The quantitative estimate of drug-likeness (QED) is 0.805. The molecule has 2 heterocycles. The molecule has 0 spiro atoms. The monoisotopic (exact) mass is 314 g/mol. The van der Waals surface area contributed by atoms with E-state index in [2.05, 4.69) is 42.3 Å². The maximum atomic E-state index is 4.27. The number of hydrogen-bond acceptors (Lipinski definition) is 4. The molecule has 5 heteroatoms. The summed E-state index contributed by atoms with van der Waals surface area (Å²) in [4.78, 5) is 12.6. The molecule has 4 nitrogen and oxygen atoms in total. The lowest BCUT2D eigenvalue weighted by molar-refractivity contribution is 1.09. The van der Waals surface area contributed by atoms with E-state index in [9.17, 15) is 0 Å². The molecule has 0 aliphatic rings. The van der Waals surface area contributed by atoms with Gasteiger partial charge in [-0.3, -0.25) is 4.98 Å². The molecule has 3 aromatic rings. The highest BCUT2D eigenvalue weighted by molar-refractivity contribution is 9.10. The Morgan fingerprint density at radius 3 is 2.89 bits per heavy atom. The summed E-state index contributed by atoms with van der Waals surface area (Å²) in [5, 5.41) is 4.25. The van der Waals surface area contributed by atoms with Crippen molar-refractivity contribution in [3.8, 4) is 0 Å². The van der Waals surface area contributed by atoms with E-state index in [1.54, 1.807) is 18.7 Å². The lowest BCUT2D eigenvalue weighted by atomic mass is 10.2. The van der Waals surface area contributed by atoms with Gasteiger partial charge in [-0.25, -0.2) is 9.97 Å². The third-order valence-corrected chi connectivity index (χ3v) is 3.61. The summed E-state index contributed by atoms with van der Waals surface area (Å²) in [5.74, 6) is 0.800. The van der Waals surface area contributed by atoms with Crippen LogP contribution in [-0.2, 0) is 6.54 Å². The van der Waals surface area contributed by atoms with Crippen molar-refractivity contribution < 1.29 is 0 Å². The van der Waals surface area contributed by atoms with Gasteiger partial charge in [0, 0.05) is 23.4 Å². The van der Waals surface area contributed by atoms with Crippen LogP contribution in [0.4, 0.5) is 5.82 Å². The van der Waals surface area contributed by atoms with E-state index >= 15 is 0 Å². The fourth-order valence-corrected chi connectivity index (χ4v) is 2.29. The zero-order valence-corrected chi connectivity index (χ0v) is 11.6. The van der Waals surface area contributed by atoms with Crippen molar-refractivity contribution in [2.45, 2.75) is 6.54 Å². The molecule has 0 amide bonds. The number of anilines is 1. The summed E-state index contributed by atoms with van der Waals surface area (Å²) in [6.45, 7) is 0.697. The van der Waals surface area contributed by atoms with Gasteiger partial charge >= 0.3 is 0 Å². The molecule has 94 valence electrons. The zero-order valence-electron chi connectivity index (χ0n) is 10.0. The molecule has 0 aliphatic heterocycles. The number of benzene rings is 1. The molecule has 1 N–H and O–H groups in total. The molecule has 3 rings (SSSR count). The van der Waals surface area contributed by atoms with Crippen LogP contribution in [0, 0.1) is 0 Å². The molecule has 2 aromatic heterocycles. The van der Waals surface area contributed by atoms with E-state index in [4.69, 9.17) is 0 Å². The van der Waals surface area contributed by atoms with Crippen molar-refractivity contribution in [3.05, 3.63) is 59.1 Å². The first-order valence-corrected chi connectivity index (χ1v) is 6.66. The van der Waals surface area contributed by atoms with Crippen LogP contribution in [0.2, 0.25) is 0 Å². The first-order chi connectivity index (χ1) is 9.34. The van der Waals surface area contributed by atoms with E-state index in [0.29, 0.717) is 6.54 Å². The Labute approximate surface area is 119 Å². The van der Waals surface area contributed by atoms with Gasteiger partial charge in [0.1, 0.15) is 12.1 Å². The van der Waals surface area contributed by atoms with E-state index in [1.807, 2.05) is 24.3 Å². The van der Waals surface area contributed by atoms with E-state index in [0.717, 1.165) is 21.2 Å². The van der Waals surface area contributed by atoms with Crippen molar-refractivity contribution in [2.24, 2.45) is 0 Å². The summed E-state index contributed by atoms with van der Waals surface area (Å²) in [7, 11) is 0. The maximum Gasteiger partial charge on any atom is 0.139 e. The van der Waals surface area contributed by atoms with E-state index < -0.39 is 0 Å². The second kappa shape index (κ2) is 5.32. The minimum absolute atomic E-state index is 0.697. The van der Waals surface area contributed by atoms with Gasteiger partial charge in [-0.2, -0.15) is 0 Å². The van der Waals surface area contributed by atoms with Crippen LogP contribution in [0.3, 0.4) is 0 Å². The molecule has 0 unspecified atom stereocenters. The largest absolute Gasteiger partial charge is 0.365 e. The molecule has 0 aliphatic carbocycles. The second-order valence-corrected chi connectivity index (χ2v) is 4.91. The number of aromatic nitrogens is 3. The number of pyridine rings is 1. The molecular weight excluding hydrogens is 304 g/mol. The predicted octanol–water partition coefficient (Wildman–Crippen LogP) is 3.40. The van der Waals surface area contributed by atoms with Crippen LogP contribution in [0.25, 0.3) is 10.9 Å². The molecule has 19 heavy (non-hydrogen) atoms. The summed E-state index contributed by atoms with van der Waals surface area (Å²) in [6.07, 6.45) is 5.06. The third-order valence-electron chi connectivity index (χ3n) is 2.84. The Hall–Kier alpha value is -2.01. The number of nitrogens with one attached hydrogen (secondary N) is 1. The lowest BCUT2D eigenvalue weighted by Gasteiger charge is -2.09. The summed E-state index contributed by atoms with van der Waals surface area (Å²) in [6, 6.07) is 9.98. The van der Waals surface area contributed by atoms with Crippen LogP contribution >= 0.6 is 15.9 Å². The third kappa shape index (κ3) is 2.56. The standard InChI is InChI=1S/C14H11BrN4/c15-12-4-2-1-3-10(12)7-17-14-11-8-16-6-5-13(11)18-9-19-14/h1-6,8-9H,7H2,(H,17,18,19). The molecule has 0 saturated carbocycles. The van der Waals surface area contributed by atoms with Gasteiger partial charge in [0.2, 0.25) is 0 Å². The van der Waals surface area contributed by atoms with Gasteiger partial charge in [0.25, 0.3) is 0 Å². The van der Waals surface area contributed by atoms with E-state index in [1.165, 1.54) is 5.56 Å². The van der Waals surface area contributed by atoms with E-state index in [-0.39, 0.29) is 0 Å². The van der Waals surface area contributed by atoms with Gasteiger partial charge < -0.3 is 5.32 Å². The highest BCUT2D eigenvalue weighted by Gasteiger charge is 2.04. The van der Waals surface area contributed by atoms with Gasteiger partial charge in [0.05, 0.1) is 10.9 Å². The number of nitrogens with zero attached hydrogens (tertiary/aromatic N) is 3. The fraction of sp³-hybridized carbons (Fsp3) is 0.0714. The molecule has 0 atom stereocenters.